The summed E-state index contributed by atoms with van der Waals surface area (Å²) in [5.74, 6) is 0.507. The summed E-state index contributed by atoms with van der Waals surface area (Å²) >= 11 is 5.75. The Morgan fingerprint density at radius 1 is 1.00 bits per heavy atom. The number of sulfonamides is 1. The third kappa shape index (κ3) is 7.61. The lowest BCUT2D eigenvalue weighted by Crippen LogP contribution is -2.45. The fourth-order valence-electron chi connectivity index (χ4n) is 4.51. The normalized spacial score (nSPS) is 14.2. The first-order valence-corrected chi connectivity index (χ1v) is 15.5. The zero-order valence-electron chi connectivity index (χ0n) is 23.8. The highest BCUT2D eigenvalue weighted by atomic mass is 35.5. The Hall–Kier alpha value is -4.30. The summed E-state index contributed by atoms with van der Waals surface area (Å²) in [6, 6.07) is 18.4. The van der Waals surface area contributed by atoms with Crippen LogP contribution in [0.1, 0.15) is 0 Å². The number of carbonyl (C=O) groups excluding carboxylic acids is 1. The van der Waals surface area contributed by atoms with E-state index in [0.29, 0.717) is 28.3 Å². The number of ether oxygens (including phenoxy) is 1. The van der Waals surface area contributed by atoms with Crippen molar-refractivity contribution in [1.29, 1.82) is 0 Å². The maximum Gasteiger partial charge on any atom is 0.322 e. The molecule has 0 saturated carbocycles. The van der Waals surface area contributed by atoms with Crippen molar-refractivity contribution in [2.45, 2.75) is 4.90 Å². The predicted octanol–water partition coefficient (Wildman–Crippen LogP) is 4.59. The van der Waals surface area contributed by atoms with Gasteiger partial charge in [-0.3, -0.25) is 9.69 Å². The quantitative estimate of drug-likeness (QED) is 0.174. The number of piperazine rings is 1. The predicted molar refractivity (Wildman–Crippen MR) is 165 cm³/mol. The molecular formula is C30H30ClFN6O5S. The van der Waals surface area contributed by atoms with Crippen molar-refractivity contribution in [3.8, 4) is 17.0 Å². The molecule has 0 unspecified atom stereocenters. The van der Waals surface area contributed by atoms with Crippen LogP contribution < -0.4 is 14.5 Å². The molecule has 4 aromatic rings. The molecule has 14 heteroatoms. The second-order valence-electron chi connectivity index (χ2n) is 9.99. The summed E-state index contributed by atoms with van der Waals surface area (Å²) in [5, 5.41) is 2.76. The summed E-state index contributed by atoms with van der Waals surface area (Å²) in [6.07, 6.45) is 1.44. The van der Waals surface area contributed by atoms with E-state index in [9.17, 15) is 17.6 Å². The number of anilines is 3. The van der Waals surface area contributed by atoms with Gasteiger partial charge in [0.25, 0.3) is 10.0 Å². The average molecular weight is 641 g/mol. The molecule has 44 heavy (non-hydrogen) atoms. The molecule has 2 heterocycles. The van der Waals surface area contributed by atoms with E-state index in [-0.39, 0.29) is 22.1 Å². The number of aromatic nitrogens is 2. The van der Waals surface area contributed by atoms with Crippen molar-refractivity contribution in [3.05, 3.63) is 90.0 Å². The summed E-state index contributed by atoms with van der Waals surface area (Å²) in [7, 11) is -2.27. The van der Waals surface area contributed by atoms with Gasteiger partial charge in [0.1, 0.15) is 30.3 Å². The smallest absolute Gasteiger partial charge is 0.322 e. The van der Waals surface area contributed by atoms with Gasteiger partial charge in [-0.25, -0.2) is 14.4 Å². The third-order valence-electron chi connectivity index (χ3n) is 6.99. The fraction of sp³-hybridized carbons (Fsp3) is 0.233. The number of nitrogens with one attached hydrogen (secondary N) is 1. The molecule has 0 atom stereocenters. The maximum absolute atomic E-state index is 13.6. The minimum atomic E-state index is -4.40. The Kier molecular flexibility index (Phi) is 9.90. The van der Waals surface area contributed by atoms with E-state index in [4.69, 9.17) is 21.2 Å². The topological polar surface area (TPSA) is 117 Å². The number of hydrogen-bond acceptors (Lipinski definition) is 10. The van der Waals surface area contributed by atoms with Crippen LogP contribution >= 0.6 is 11.6 Å². The summed E-state index contributed by atoms with van der Waals surface area (Å²) in [4.78, 5) is 28.9. The van der Waals surface area contributed by atoms with E-state index in [0.717, 1.165) is 62.2 Å². The Balaban J connectivity index is 1.22. The molecule has 1 aliphatic heterocycles. The zero-order valence-corrected chi connectivity index (χ0v) is 25.3. The molecular weight excluding hydrogens is 611 g/mol. The third-order valence-corrected chi connectivity index (χ3v) is 8.86. The van der Waals surface area contributed by atoms with Gasteiger partial charge in [-0.1, -0.05) is 16.1 Å². The molecule has 0 amide bonds. The molecule has 0 radical (unpaired) electrons. The average Bonchev–Trinajstić information content (AvgIpc) is 3.03. The molecule has 1 N–H and O–H groups in total. The minimum Gasteiger partial charge on any atom is -0.492 e. The standard InChI is InChI=1S/C30H30ClFN6O5S/c1-36-12-14-37(15-13-36)16-17-42-25-8-2-22(3-9-25)29-19-30(34-20-33-29)35-23-4-6-24(7-5-23)38(43-21-39)44(40,41)26-10-11-28(32)27(31)18-26/h2-11,18-21H,12-17H2,1H3,(H,33,34,35). The molecule has 1 fully saturated rings. The molecule has 0 bridgehead atoms. The van der Waals surface area contributed by atoms with Crippen LogP contribution in [0.15, 0.2) is 84.0 Å². The zero-order chi connectivity index (χ0) is 31.1. The van der Waals surface area contributed by atoms with Gasteiger partial charge in [-0.2, -0.15) is 8.42 Å². The fourth-order valence-corrected chi connectivity index (χ4v) is 6.00. The van der Waals surface area contributed by atoms with Gasteiger partial charge < -0.3 is 19.8 Å². The second kappa shape index (κ2) is 14.0. The number of nitrogens with zero attached hydrogens (tertiary/aromatic N) is 5. The number of carbonyl (C=O) groups is 1. The van der Waals surface area contributed by atoms with E-state index in [1.165, 1.54) is 18.5 Å². The van der Waals surface area contributed by atoms with E-state index in [1.54, 1.807) is 18.2 Å². The first kappa shape index (κ1) is 31.1. The van der Waals surface area contributed by atoms with Crippen LogP contribution in [-0.4, -0.2) is 81.0 Å². The largest absolute Gasteiger partial charge is 0.492 e. The van der Waals surface area contributed by atoms with Gasteiger partial charge >= 0.3 is 6.47 Å². The van der Waals surface area contributed by atoms with Crippen LogP contribution in [0, 0.1) is 5.82 Å². The van der Waals surface area contributed by atoms with Gasteiger partial charge in [0.2, 0.25) is 0 Å². The van der Waals surface area contributed by atoms with E-state index in [2.05, 4.69) is 32.1 Å². The van der Waals surface area contributed by atoms with Crippen molar-refractivity contribution in [1.82, 2.24) is 19.8 Å². The Labute approximate surface area is 259 Å². The minimum absolute atomic E-state index is 0.0233. The first-order chi connectivity index (χ1) is 21.2. The molecule has 3 aromatic carbocycles. The molecule has 0 aliphatic carbocycles. The first-order valence-electron chi connectivity index (χ1n) is 13.7. The SMILES string of the molecule is CN1CCN(CCOc2ccc(-c3cc(Nc4ccc(N(OC=O)S(=O)(=O)c5ccc(F)c(Cl)c5)cc4)ncn3)cc2)CC1. The Bertz CT molecular complexity index is 1690. The number of rotatable bonds is 12. The van der Waals surface area contributed by atoms with Gasteiger partial charge in [0.15, 0.2) is 0 Å². The molecule has 5 rings (SSSR count). The molecule has 1 aromatic heterocycles. The van der Waals surface area contributed by atoms with Crippen molar-refractivity contribution >= 4 is 45.3 Å². The number of likely N-dealkylation sites (N-methyl/N-ethyl adjacent to an activating group) is 1. The van der Waals surface area contributed by atoms with Crippen LogP contribution in [0.4, 0.5) is 21.6 Å². The lowest BCUT2D eigenvalue weighted by molar-refractivity contribution is -0.128. The van der Waals surface area contributed by atoms with Gasteiger partial charge in [0.05, 0.1) is 21.3 Å². The van der Waals surface area contributed by atoms with E-state index in [1.807, 2.05) is 24.3 Å². The van der Waals surface area contributed by atoms with Gasteiger partial charge in [-0.05, 0) is 73.8 Å². The Morgan fingerprint density at radius 3 is 2.41 bits per heavy atom. The van der Waals surface area contributed by atoms with Gasteiger partial charge in [0, 0.05) is 50.0 Å². The molecule has 230 valence electrons. The summed E-state index contributed by atoms with van der Waals surface area (Å²) in [5.41, 5.74) is 2.18. The highest BCUT2D eigenvalue weighted by Crippen LogP contribution is 2.29. The molecule has 1 aliphatic rings. The molecule has 11 nitrogen and oxygen atoms in total. The van der Waals surface area contributed by atoms with Crippen molar-refractivity contribution < 1.29 is 27.2 Å². The number of halogens is 2. The Morgan fingerprint density at radius 2 is 1.73 bits per heavy atom. The number of benzene rings is 3. The van der Waals surface area contributed by atoms with Crippen molar-refractivity contribution in [2.75, 3.05) is 56.2 Å². The van der Waals surface area contributed by atoms with Gasteiger partial charge in [-0.15, -0.1) is 0 Å². The monoisotopic (exact) mass is 640 g/mol. The highest BCUT2D eigenvalue weighted by molar-refractivity contribution is 7.92. The van der Waals surface area contributed by atoms with Crippen LogP contribution in [0.3, 0.4) is 0 Å². The van der Waals surface area contributed by atoms with Crippen LogP contribution in [-0.2, 0) is 19.7 Å². The van der Waals surface area contributed by atoms with Crippen LogP contribution in [0.5, 0.6) is 5.75 Å². The molecule has 1 saturated heterocycles. The second-order valence-corrected chi connectivity index (χ2v) is 12.1. The van der Waals surface area contributed by atoms with Crippen molar-refractivity contribution in [2.24, 2.45) is 0 Å². The summed E-state index contributed by atoms with van der Waals surface area (Å²) < 4.78 is 46.1. The summed E-state index contributed by atoms with van der Waals surface area (Å²) in [6.45, 7) is 5.73. The van der Waals surface area contributed by atoms with Crippen LogP contribution in [0.2, 0.25) is 5.02 Å². The van der Waals surface area contributed by atoms with E-state index >= 15 is 0 Å². The molecule has 0 spiro atoms. The maximum atomic E-state index is 13.6. The lowest BCUT2D eigenvalue weighted by Gasteiger charge is -2.32. The van der Waals surface area contributed by atoms with Crippen LogP contribution in [0.25, 0.3) is 11.3 Å². The highest BCUT2D eigenvalue weighted by Gasteiger charge is 2.28. The lowest BCUT2D eigenvalue weighted by atomic mass is 10.1. The number of hydrogen-bond donors (Lipinski definition) is 1. The van der Waals surface area contributed by atoms with E-state index < -0.39 is 15.8 Å². The van der Waals surface area contributed by atoms with Crippen molar-refractivity contribution in [3.63, 3.8) is 0 Å².